The van der Waals surface area contributed by atoms with Crippen LogP contribution in [0.15, 0.2) is 18.5 Å². The summed E-state index contributed by atoms with van der Waals surface area (Å²) in [7, 11) is 0. The Morgan fingerprint density at radius 3 is 3.12 bits per heavy atom. The molecule has 2 rings (SSSR count). The standard InChI is InChI=1S/C11H10FN3OS/c12-9-5-14-3-1-8(9)10(16)15-11(6-13)2-4-17-7-11/h1,3,5H,2,4,7H2,(H,15,16). The van der Waals surface area contributed by atoms with Crippen LogP contribution in [0, 0.1) is 17.1 Å². The van der Waals surface area contributed by atoms with E-state index in [0.29, 0.717) is 12.2 Å². The quantitative estimate of drug-likeness (QED) is 0.861. The molecule has 1 aromatic rings. The molecule has 2 heterocycles. The van der Waals surface area contributed by atoms with Crippen LogP contribution in [0.3, 0.4) is 0 Å². The Hall–Kier alpha value is -1.61. The average molecular weight is 251 g/mol. The molecular weight excluding hydrogens is 241 g/mol. The first kappa shape index (κ1) is 11.9. The average Bonchev–Trinajstić information content (AvgIpc) is 2.79. The van der Waals surface area contributed by atoms with Crippen molar-refractivity contribution in [3.63, 3.8) is 0 Å². The number of nitrogens with one attached hydrogen (secondary N) is 1. The van der Waals surface area contributed by atoms with Crippen LogP contribution >= 0.6 is 11.8 Å². The highest BCUT2D eigenvalue weighted by Gasteiger charge is 2.36. The first-order chi connectivity index (χ1) is 8.17. The van der Waals surface area contributed by atoms with Gasteiger partial charge in [-0.05, 0) is 18.2 Å². The molecule has 1 amide bonds. The van der Waals surface area contributed by atoms with Gasteiger partial charge in [-0.25, -0.2) is 4.39 Å². The van der Waals surface area contributed by atoms with Crippen molar-refractivity contribution in [2.24, 2.45) is 0 Å². The van der Waals surface area contributed by atoms with Crippen molar-refractivity contribution in [3.8, 4) is 6.07 Å². The number of rotatable bonds is 2. The molecule has 17 heavy (non-hydrogen) atoms. The number of amides is 1. The van der Waals surface area contributed by atoms with Gasteiger partial charge in [0.1, 0.15) is 5.54 Å². The van der Waals surface area contributed by atoms with E-state index < -0.39 is 17.3 Å². The second kappa shape index (κ2) is 4.72. The molecule has 1 unspecified atom stereocenters. The molecule has 0 radical (unpaired) electrons. The topological polar surface area (TPSA) is 65.8 Å². The van der Waals surface area contributed by atoms with Crippen molar-refractivity contribution < 1.29 is 9.18 Å². The molecule has 1 aliphatic rings. The fraction of sp³-hybridized carbons (Fsp3) is 0.364. The third kappa shape index (κ3) is 2.39. The smallest absolute Gasteiger partial charge is 0.255 e. The Kier molecular flexibility index (Phi) is 3.29. The number of carbonyl (C=O) groups excluding carboxylic acids is 1. The lowest BCUT2D eigenvalue weighted by molar-refractivity contribution is 0.0922. The second-order valence-electron chi connectivity index (χ2n) is 3.81. The predicted molar refractivity (Wildman–Crippen MR) is 61.9 cm³/mol. The van der Waals surface area contributed by atoms with E-state index in [-0.39, 0.29) is 5.56 Å². The number of hydrogen-bond acceptors (Lipinski definition) is 4. The minimum absolute atomic E-state index is 0.0773. The van der Waals surface area contributed by atoms with Gasteiger partial charge in [-0.15, -0.1) is 0 Å². The third-order valence-electron chi connectivity index (χ3n) is 2.61. The molecule has 88 valence electrons. The first-order valence-electron chi connectivity index (χ1n) is 5.08. The highest BCUT2D eigenvalue weighted by atomic mass is 32.2. The Morgan fingerprint density at radius 2 is 2.53 bits per heavy atom. The normalized spacial score (nSPS) is 23.1. The van der Waals surface area contributed by atoms with Gasteiger partial charge in [0.2, 0.25) is 0 Å². The molecule has 1 N–H and O–H groups in total. The minimum Gasteiger partial charge on any atom is -0.333 e. The fourth-order valence-electron chi connectivity index (χ4n) is 1.62. The molecule has 0 aliphatic carbocycles. The van der Waals surface area contributed by atoms with Crippen LogP contribution in [0.25, 0.3) is 0 Å². The van der Waals surface area contributed by atoms with Crippen molar-refractivity contribution in [1.82, 2.24) is 10.3 Å². The van der Waals surface area contributed by atoms with Gasteiger partial charge in [0, 0.05) is 11.9 Å². The van der Waals surface area contributed by atoms with E-state index in [2.05, 4.69) is 16.4 Å². The minimum atomic E-state index is -0.864. The van der Waals surface area contributed by atoms with Crippen LogP contribution in [-0.2, 0) is 0 Å². The summed E-state index contributed by atoms with van der Waals surface area (Å²) in [5.41, 5.74) is -0.941. The van der Waals surface area contributed by atoms with Crippen molar-refractivity contribution in [2.75, 3.05) is 11.5 Å². The Morgan fingerprint density at radius 1 is 1.71 bits per heavy atom. The molecule has 0 saturated carbocycles. The summed E-state index contributed by atoms with van der Waals surface area (Å²) in [5.74, 6) is 0.131. The number of nitriles is 1. The van der Waals surface area contributed by atoms with Crippen LogP contribution in [-0.4, -0.2) is 27.9 Å². The maximum Gasteiger partial charge on any atom is 0.255 e. The zero-order valence-corrected chi connectivity index (χ0v) is 9.76. The number of pyridine rings is 1. The van der Waals surface area contributed by atoms with Gasteiger partial charge in [-0.3, -0.25) is 9.78 Å². The van der Waals surface area contributed by atoms with Gasteiger partial charge >= 0.3 is 0 Å². The van der Waals surface area contributed by atoms with E-state index in [1.165, 1.54) is 12.3 Å². The molecule has 4 nitrogen and oxygen atoms in total. The Balaban J connectivity index is 2.17. The van der Waals surface area contributed by atoms with Crippen LogP contribution in [0.4, 0.5) is 4.39 Å². The molecular formula is C11H10FN3OS. The molecule has 1 aromatic heterocycles. The Labute approximate surface area is 102 Å². The number of thioether (sulfide) groups is 1. The number of nitrogens with zero attached hydrogens (tertiary/aromatic N) is 2. The van der Waals surface area contributed by atoms with Crippen LogP contribution in [0.5, 0.6) is 0 Å². The second-order valence-corrected chi connectivity index (χ2v) is 4.91. The number of carbonyl (C=O) groups is 1. The molecule has 1 fully saturated rings. The van der Waals surface area contributed by atoms with Crippen molar-refractivity contribution in [2.45, 2.75) is 12.0 Å². The van der Waals surface area contributed by atoms with Crippen LogP contribution in [0.1, 0.15) is 16.8 Å². The van der Waals surface area contributed by atoms with Crippen molar-refractivity contribution in [1.29, 1.82) is 5.26 Å². The van der Waals surface area contributed by atoms with Gasteiger partial charge in [-0.2, -0.15) is 17.0 Å². The molecule has 0 bridgehead atoms. The van der Waals surface area contributed by atoms with E-state index in [1.807, 2.05) is 0 Å². The summed E-state index contributed by atoms with van der Waals surface area (Å²) in [6.07, 6.45) is 2.92. The molecule has 6 heteroatoms. The molecule has 0 aromatic carbocycles. The van der Waals surface area contributed by atoms with E-state index in [1.54, 1.807) is 11.8 Å². The number of hydrogen-bond donors (Lipinski definition) is 1. The Bertz CT molecular complexity index is 480. The molecule has 1 saturated heterocycles. The van der Waals surface area contributed by atoms with Gasteiger partial charge in [0.05, 0.1) is 17.8 Å². The van der Waals surface area contributed by atoms with Gasteiger partial charge in [0.25, 0.3) is 5.91 Å². The summed E-state index contributed by atoms with van der Waals surface area (Å²) in [6, 6.07) is 3.41. The van der Waals surface area contributed by atoms with Crippen LogP contribution in [0.2, 0.25) is 0 Å². The largest absolute Gasteiger partial charge is 0.333 e. The summed E-state index contributed by atoms with van der Waals surface area (Å²) < 4.78 is 13.3. The lowest BCUT2D eigenvalue weighted by Gasteiger charge is -2.21. The van der Waals surface area contributed by atoms with Crippen molar-refractivity contribution in [3.05, 3.63) is 29.8 Å². The summed E-state index contributed by atoms with van der Waals surface area (Å²) >= 11 is 1.60. The van der Waals surface area contributed by atoms with E-state index in [0.717, 1.165) is 11.9 Å². The summed E-state index contributed by atoms with van der Waals surface area (Å²) in [5, 5.41) is 11.7. The maximum atomic E-state index is 13.3. The molecule has 1 atom stereocenters. The molecule has 1 aliphatic heterocycles. The maximum absolute atomic E-state index is 13.3. The zero-order chi connectivity index (χ0) is 12.3. The monoisotopic (exact) mass is 251 g/mol. The van der Waals surface area contributed by atoms with Gasteiger partial charge < -0.3 is 5.32 Å². The van der Waals surface area contributed by atoms with Crippen LogP contribution < -0.4 is 5.32 Å². The van der Waals surface area contributed by atoms with E-state index in [9.17, 15) is 9.18 Å². The number of halogens is 1. The highest BCUT2D eigenvalue weighted by Crippen LogP contribution is 2.27. The lowest BCUT2D eigenvalue weighted by Crippen LogP contribution is -2.47. The summed E-state index contributed by atoms with van der Waals surface area (Å²) in [4.78, 5) is 15.4. The SMILES string of the molecule is N#CC1(NC(=O)c2ccncc2F)CCSC1. The molecule has 0 spiro atoms. The van der Waals surface area contributed by atoms with Gasteiger partial charge in [-0.1, -0.05) is 0 Å². The fourth-order valence-corrected chi connectivity index (χ4v) is 2.89. The predicted octanol–water partition coefficient (Wildman–Crippen LogP) is 1.35. The number of aromatic nitrogens is 1. The van der Waals surface area contributed by atoms with Crippen molar-refractivity contribution >= 4 is 17.7 Å². The first-order valence-corrected chi connectivity index (χ1v) is 6.23. The third-order valence-corrected chi connectivity index (χ3v) is 3.80. The van der Waals surface area contributed by atoms with E-state index in [4.69, 9.17) is 5.26 Å². The summed E-state index contributed by atoms with van der Waals surface area (Å²) in [6.45, 7) is 0. The van der Waals surface area contributed by atoms with E-state index >= 15 is 0 Å². The zero-order valence-electron chi connectivity index (χ0n) is 8.94. The van der Waals surface area contributed by atoms with Gasteiger partial charge in [0.15, 0.2) is 5.82 Å². The highest BCUT2D eigenvalue weighted by molar-refractivity contribution is 7.99. The lowest BCUT2D eigenvalue weighted by atomic mass is 10.0.